The highest BCUT2D eigenvalue weighted by molar-refractivity contribution is 5.11. The quantitative estimate of drug-likeness (QED) is 0.586. The highest BCUT2D eigenvalue weighted by atomic mass is 16.4. The first-order valence-electron chi connectivity index (χ1n) is 6.08. The van der Waals surface area contributed by atoms with Crippen LogP contribution >= 0.6 is 0 Å². The van der Waals surface area contributed by atoms with Gasteiger partial charge in [0.1, 0.15) is 18.3 Å². The molecule has 0 aromatic carbocycles. The molecule has 0 radical (unpaired) electrons. The van der Waals surface area contributed by atoms with Crippen LogP contribution < -0.4 is 0 Å². The fraction of sp³-hybridized carbons (Fsp3) is 0.833. The summed E-state index contributed by atoms with van der Waals surface area (Å²) in [5.74, 6) is 0. The molecule has 0 bridgehead atoms. The number of hydrogen-bond acceptors (Lipinski definition) is 4. The Labute approximate surface area is 97.2 Å². The maximum Gasteiger partial charge on any atom is 0.111 e. The molecular formula is C12H23NO3. The van der Waals surface area contributed by atoms with Crippen molar-refractivity contribution >= 4 is 0 Å². The molecule has 16 heavy (non-hydrogen) atoms. The summed E-state index contributed by atoms with van der Waals surface area (Å²) in [7, 11) is 0. The molecule has 4 heteroatoms. The van der Waals surface area contributed by atoms with E-state index in [-0.39, 0.29) is 6.04 Å². The summed E-state index contributed by atoms with van der Waals surface area (Å²) in [5, 5.41) is 28.9. The van der Waals surface area contributed by atoms with E-state index in [1.807, 2.05) is 0 Å². The van der Waals surface area contributed by atoms with Crippen molar-refractivity contribution in [1.82, 2.24) is 4.90 Å². The van der Waals surface area contributed by atoms with Gasteiger partial charge < -0.3 is 15.3 Å². The molecule has 0 aromatic heterocycles. The lowest BCUT2D eigenvalue weighted by atomic mass is 9.93. The first-order chi connectivity index (χ1) is 7.61. The topological polar surface area (TPSA) is 63.9 Å². The fourth-order valence-corrected chi connectivity index (χ4v) is 2.18. The lowest BCUT2D eigenvalue weighted by molar-refractivity contribution is -0.0760. The zero-order chi connectivity index (χ0) is 12.1. The third-order valence-electron chi connectivity index (χ3n) is 3.00. The molecule has 3 N–H and O–H groups in total. The summed E-state index contributed by atoms with van der Waals surface area (Å²) < 4.78 is 0. The average Bonchev–Trinajstić information content (AvgIpc) is 2.26. The Bertz CT molecular complexity index is 226. The number of nitrogens with zero attached hydrogens (tertiary/aromatic N) is 1. The van der Waals surface area contributed by atoms with E-state index in [0.29, 0.717) is 0 Å². The Balaban J connectivity index is 2.72. The van der Waals surface area contributed by atoms with Gasteiger partial charge in [-0.2, -0.15) is 0 Å². The van der Waals surface area contributed by atoms with Crippen LogP contribution in [0.25, 0.3) is 0 Å². The van der Waals surface area contributed by atoms with Crippen molar-refractivity contribution < 1.29 is 15.3 Å². The lowest BCUT2D eigenvalue weighted by Gasteiger charge is -2.38. The number of hydrogen-bond donors (Lipinski definition) is 3. The van der Waals surface area contributed by atoms with Crippen molar-refractivity contribution in [3.63, 3.8) is 0 Å². The summed E-state index contributed by atoms with van der Waals surface area (Å²) in [6, 6.07) is -0.182. The van der Waals surface area contributed by atoms with Crippen LogP contribution in [0.1, 0.15) is 26.7 Å². The van der Waals surface area contributed by atoms with Gasteiger partial charge in [-0.15, -0.1) is 0 Å². The van der Waals surface area contributed by atoms with Crippen LogP contribution in [0.3, 0.4) is 0 Å². The summed E-state index contributed by atoms with van der Waals surface area (Å²) in [4.78, 5) is 2.15. The fourth-order valence-electron chi connectivity index (χ4n) is 2.18. The van der Waals surface area contributed by atoms with E-state index in [4.69, 9.17) is 0 Å². The van der Waals surface area contributed by atoms with E-state index in [2.05, 4.69) is 18.7 Å². The van der Waals surface area contributed by atoms with Gasteiger partial charge in [-0.05, 0) is 25.9 Å². The van der Waals surface area contributed by atoms with Crippen LogP contribution in [0.15, 0.2) is 12.2 Å². The second-order valence-electron chi connectivity index (χ2n) is 4.38. The third kappa shape index (κ3) is 3.04. The van der Waals surface area contributed by atoms with Gasteiger partial charge in [0.2, 0.25) is 0 Å². The molecule has 0 fully saturated rings. The maximum atomic E-state index is 9.93. The van der Waals surface area contributed by atoms with Gasteiger partial charge in [0.05, 0.1) is 6.04 Å². The zero-order valence-corrected chi connectivity index (χ0v) is 10.1. The lowest BCUT2D eigenvalue weighted by Crippen LogP contribution is -2.53. The number of rotatable bonds is 5. The summed E-state index contributed by atoms with van der Waals surface area (Å²) in [6.07, 6.45) is 2.46. The van der Waals surface area contributed by atoms with Crippen molar-refractivity contribution in [3.8, 4) is 0 Å². The molecule has 0 saturated heterocycles. The second kappa shape index (κ2) is 6.35. The molecule has 0 aromatic rings. The minimum atomic E-state index is -1.08. The molecule has 1 rings (SSSR count). The van der Waals surface area contributed by atoms with Crippen molar-refractivity contribution in [2.45, 2.75) is 51.0 Å². The molecule has 0 saturated carbocycles. The minimum Gasteiger partial charge on any atom is -0.388 e. The van der Waals surface area contributed by atoms with Gasteiger partial charge >= 0.3 is 0 Å². The van der Waals surface area contributed by atoms with Crippen LogP contribution in [0.2, 0.25) is 0 Å². The first-order valence-corrected chi connectivity index (χ1v) is 6.08. The van der Waals surface area contributed by atoms with Crippen LogP contribution in [0, 0.1) is 0 Å². The third-order valence-corrected chi connectivity index (χ3v) is 3.00. The van der Waals surface area contributed by atoms with E-state index in [1.165, 1.54) is 0 Å². The van der Waals surface area contributed by atoms with Crippen molar-refractivity contribution in [1.29, 1.82) is 0 Å². The highest BCUT2D eigenvalue weighted by Crippen LogP contribution is 2.19. The monoisotopic (exact) mass is 229 g/mol. The molecule has 0 spiro atoms. The molecule has 4 atom stereocenters. The number of aliphatic hydroxyl groups is 3. The van der Waals surface area contributed by atoms with Gasteiger partial charge in [0, 0.05) is 0 Å². The molecule has 1 aliphatic carbocycles. The Kier molecular flexibility index (Phi) is 5.41. The van der Waals surface area contributed by atoms with Crippen LogP contribution in [0.5, 0.6) is 0 Å². The van der Waals surface area contributed by atoms with Gasteiger partial charge in [0.15, 0.2) is 0 Å². The largest absolute Gasteiger partial charge is 0.388 e. The highest BCUT2D eigenvalue weighted by Gasteiger charge is 2.35. The summed E-state index contributed by atoms with van der Waals surface area (Å²) >= 11 is 0. The molecule has 1 aliphatic rings. The summed E-state index contributed by atoms with van der Waals surface area (Å²) in [5.41, 5.74) is 0. The van der Waals surface area contributed by atoms with Gasteiger partial charge in [-0.25, -0.2) is 0 Å². The minimum absolute atomic E-state index is 0.182. The van der Waals surface area contributed by atoms with Crippen molar-refractivity contribution in [2.24, 2.45) is 0 Å². The molecule has 0 aliphatic heterocycles. The van der Waals surface area contributed by atoms with Crippen LogP contribution in [-0.4, -0.2) is 57.7 Å². The van der Waals surface area contributed by atoms with E-state index >= 15 is 0 Å². The second-order valence-corrected chi connectivity index (χ2v) is 4.38. The van der Waals surface area contributed by atoms with Gasteiger partial charge in [-0.1, -0.05) is 26.0 Å². The van der Waals surface area contributed by atoms with E-state index in [0.717, 1.165) is 25.9 Å². The zero-order valence-electron chi connectivity index (χ0n) is 10.1. The average molecular weight is 229 g/mol. The standard InChI is InChI=1S/C12H23NO3/c1-3-7-13(8-4-2)9-5-6-10(14)12(16)11(9)15/h5-6,9-12,14-16H,3-4,7-8H2,1-2H3. The molecule has 4 unspecified atom stereocenters. The first kappa shape index (κ1) is 13.6. The van der Waals surface area contributed by atoms with Crippen LogP contribution in [-0.2, 0) is 0 Å². The van der Waals surface area contributed by atoms with Crippen molar-refractivity contribution in [2.75, 3.05) is 13.1 Å². The van der Waals surface area contributed by atoms with Crippen LogP contribution in [0.4, 0.5) is 0 Å². The predicted octanol–water partition coefficient (Wildman–Crippen LogP) is 0.129. The molecule has 0 amide bonds. The van der Waals surface area contributed by atoms with E-state index in [9.17, 15) is 15.3 Å². The van der Waals surface area contributed by atoms with E-state index < -0.39 is 18.3 Å². The maximum absolute atomic E-state index is 9.93. The smallest absolute Gasteiger partial charge is 0.111 e. The SMILES string of the molecule is CCCN(CCC)C1C=CC(O)C(O)C1O. The number of aliphatic hydroxyl groups excluding tert-OH is 3. The van der Waals surface area contributed by atoms with Gasteiger partial charge in [0.25, 0.3) is 0 Å². The predicted molar refractivity (Wildman–Crippen MR) is 63.1 cm³/mol. The summed E-state index contributed by atoms with van der Waals surface area (Å²) in [6.45, 7) is 5.96. The molecular weight excluding hydrogens is 206 g/mol. The van der Waals surface area contributed by atoms with Gasteiger partial charge in [-0.3, -0.25) is 4.90 Å². The molecule has 4 nitrogen and oxygen atoms in total. The van der Waals surface area contributed by atoms with E-state index in [1.54, 1.807) is 12.2 Å². The normalized spacial score (nSPS) is 34.6. The Morgan fingerprint density at radius 3 is 2.00 bits per heavy atom. The Hall–Kier alpha value is -0.420. The molecule has 0 heterocycles. The van der Waals surface area contributed by atoms with Crippen molar-refractivity contribution in [3.05, 3.63) is 12.2 Å². The Morgan fingerprint density at radius 2 is 1.50 bits per heavy atom. The molecule has 94 valence electrons. The Morgan fingerprint density at radius 1 is 0.938 bits per heavy atom.